The van der Waals surface area contributed by atoms with E-state index in [0.717, 1.165) is 23.1 Å². The van der Waals surface area contributed by atoms with E-state index in [1.54, 1.807) is 18.3 Å². The van der Waals surface area contributed by atoms with Crippen molar-refractivity contribution in [1.82, 2.24) is 10.3 Å². The number of carbonyl (C=O) groups excluding carboxylic acids is 1. The van der Waals surface area contributed by atoms with Gasteiger partial charge in [-0.25, -0.2) is 4.98 Å². The van der Waals surface area contributed by atoms with Gasteiger partial charge in [0.2, 0.25) is 11.8 Å². The number of amides is 1. The molecule has 0 radical (unpaired) electrons. The fraction of sp³-hybridized carbons (Fsp3) is 0.100. The SMILES string of the molecule is C=CC(=O)NCc1cnc(Oc2ccc(C(F)(F)F)cc2)c2ccccc12. The predicted octanol–water partition coefficient (Wildman–Crippen LogP) is 4.85. The van der Waals surface area contributed by atoms with Crippen LogP contribution in [0.15, 0.2) is 67.4 Å². The van der Waals surface area contributed by atoms with Crippen molar-refractivity contribution in [3.05, 3.63) is 78.5 Å². The lowest BCUT2D eigenvalue weighted by Crippen LogP contribution is -2.20. The normalized spacial score (nSPS) is 11.2. The van der Waals surface area contributed by atoms with E-state index in [2.05, 4.69) is 16.9 Å². The average molecular weight is 372 g/mol. The Morgan fingerprint density at radius 1 is 1.11 bits per heavy atom. The molecule has 3 rings (SSSR count). The maximum absolute atomic E-state index is 12.7. The lowest BCUT2D eigenvalue weighted by Gasteiger charge is -2.12. The largest absolute Gasteiger partial charge is 0.438 e. The number of ether oxygens (including phenoxy) is 1. The van der Waals surface area contributed by atoms with Crippen LogP contribution in [-0.4, -0.2) is 10.9 Å². The number of nitrogens with zero attached hydrogens (tertiary/aromatic N) is 1. The van der Waals surface area contributed by atoms with E-state index >= 15 is 0 Å². The van der Waals surface area contributed by atoms with Gasteiger partial charge in [-0.2, -0.15) is 13.2 Å². The highest BCUT2D eigenvalue weighted by Gasteiger charge is 2.30. The van der Waals surface area contributed by atoms with Gasteiger partial charge in [-0.05, 0) is 47.4 Å². The number of hydrogen-bond acceptors (Lipinski definition) is 3. The Bertz CT molecular complexity index is 983. The Morgan fingerprint density at radius 3 is 2.41 bits per heavy atom. The smallest absolute Gasteiger partial charge is 0.416 e. The lowest BCUT2D eigenvalue weighted by atomic mass is 10.1. The number of alkyl halides is 3. The molecular weight excluding hydrogens is 357 g/mol. The Balaban J connectivity index is 1.89. The molecule has 138 valence electrons. The minimum absolute atomic E-state index is 0.244. The topological polar surface area (TPSA) is 51.2 Å². The van der Waals surface area contributed by atoms with E-state index in [1.807, 2.05) is 12.1 Å². The molecule has 3 aromatic rings. The monoisotopic (exact) mass is 372 g/mol. The van der Waals surface area contributed by atoms with Crippen LogP contribution < -0.4 is 10.1 Å². The molecule has 0 aliphatic carbocycles. The Morgan fingerprint density at radius 2 is 1.78 bits per heavy atom. The van der Waals surface area contributed by atoms with Crippen LogP contribution in [0.5, 0.6) is 11.6 Å². The average Bonchev–Trinajstić information content (AvgIpc) is 2.67. The number of aromatic nitrogens is 1. The zero-order chi connectivity index (χ0) is 19.4. The number of pyridine rings is 1. The summed E-state index contributed by atoms with van der Waals surface area (Å²) in [5.74, 6) is 0.210. The molecule has 7 heteroatoms. The van der Waals surface area contributed by atoms with E-state index < -0.39 is 11.7 Å². The molecule has 0 unspecified atom stereocenters. The van der Waals surface area contributed by atoms with Crippen LogP contribution in [0.2, 0.25) is 0 Å². The fourth-order valence-electron chi connectivity index (χ4n) is 2.53. The molecule has 0 saturated heterocycles. The highest BCUT2D eigenvalue weighted by atomic mass is 19.4. The minimum Gasteiger partial charge on any atom is -0.438 e. The van der Waals surface area contributed by atoms with Gasteiger partial charge in [-0.1, -0.05) is 24.8 Å². The first kappa shape index (κ1) is 18.4. The summed E-state index contributed by atoms with van der Waals surface area (Å²) in [6.45, 7) is 3.66. The zero-order valence-corrected chi connectivity index (χ0v) is 14.1. The van der Waals surface area contributed by atoms with Crippen LogP contribution in [-0.2, 0) is 17.5 Å². The standard InChI is InChI=1S/C20H15F3N2O2/c1-2-18(26)24-11-13-12-25-19(17-6-4-3-5-16(13)17)27-15-9-7-14(8-10-15)20(21,22)23/h2-10,12H,1,11H2,(H,24,26). The molecule has 1 aromatic heterocycles. The molecule has 0 aliphatic rings. The van der Waals surface area contributed by atoms with E-state index in [1.165, 1.54) is 18.2 Å². The van der Waals surface area contributed by atoms with Gasteiger partial charge in [0.15, 0.2) is 0 Å². The summed E-state index contributed by atoms with van der Waals surface area (Å²) in [5.41, 5.74) is 0.0292. The Hall–Kier alpha value is -3.35. The molecule has 1 N–H and O–H groups in total. The van der Waals surface area contributed by atoms with Gasteiger partial charge in [0, 0.05) is 18.1 Å². The van der Waals surface area contributed by atoms with Crippen molar-refractivity contribution >= 4 is 16.7 Å². The molecule has 0 aliphatic heterocycles. The van der Waals surface area contributed by atoms with Gasteiger partial charge in [0.25, 0.3) is 0 Å². The van der Waals surface area contributed by atoms with Crippen molar-refractivity contribution in [3.8, 4) is 11.6 Å². The molecule has 0 saturated carbocycles. The number of benzene rings is 2. The molecule has 2 aromatic carbocycles. The predicted molar refractivity (Wildman–Crippen MR) is 95.3 cm³/mol. The number of fused-ring (bicyclic) bond motifs is 1. The van der Waals surface area contributed by atoms with Crippen LogP contribution in [0.4, 0.5) is 13.2 Å². The molecular formula is C20H15F3N2O2. The van der Waals surface area contributed by atoms with Gasteiger partial charge >= 0.3 is 6.18 Å². The second kappa shape index (κ2) is 7.49. The quantitative estimate of drug-likeness (QED) is 0.652. The van der Waals surface area contributed by atoms with Crippen LogP contribution in [0.1, 0.15) is 11.1 Å². The number of hydrogen-bond donors (Lipinski definition) is 1. The maximum atomic E-state index is 12.7. The summed E-state index contributed by atoms with van der Waals surface area (Å²) in [6.07, 6.45) is -1.66. The molecule has 0 spiro atoms. The van der Waals surface area contributed by atoms with Crippen molar-refractivity contribution in [3.63, 3.8) is 0 Å². The number of nitrogens with one attached hydrogen (secondary N) is 1. The summed E-state index contributed by atoms with van der Waals surface area (Å²) >= 11 is 0. The molecule has 0 fully saturated rings. The molecule has 4 nitrogen and oxygen atoms in total. The summed E-state index contributed by atoms with van der Waals surface area (Å²) in [7, 11) is 0. The summed E-state index contributed by atoms with van der Waals surface area (Å²) in [6, 6.07) is 11.7. The molecule has 27 heavy (non-hydrogen) atoms. The van der Waals surface area contributed by atoms with E-state index in [0.29, 0.717) is 5.39 Å². The third-order valence-electron chi connectivity index (χ3n) is 3.88. The van der Waals surface area contributed by atoms with Gasteiger partial charge < -0.3 is 10.1 Å². The minimum atomic E-state index is -4.40. The molecule has 1 heterocycles. The van der Waals surface area contributed by atoms with Gasteiger partial charge in [-0.15, -0.1) is 0 Å². The first-order valence-corrected chi connectivity index (χ1v) is 8.00. The van der Waals surface area contributed by atoms with Crippen molar-refractivity contribution in [2.75, 3.05) is 0 Å². The third-order valence-corrected chi connectivity index (χ3v) is 3.88. The first-order chi connectivity index (χ1) is 12.9. The van der Waals surface area contributed by atoms with E-state index in [4.69, 9.17) is 4.74 Å². The molecule has 0 bridgehead atoms. The van der Waals surface area contributed by atoms with Crippen molar-refractivity contribution in [2.45, 2.75) is 12.7 Å². The van der Waals surface area contributed by atoms with Crippen molar-refractivity contribution in [2.24, 2.45) is 0 Å². The van der Waals surface area contributed by atoms with E-state index in [-0.39, 0.29) is 24.1 Å². The third kappa shape index (κ3) is 4.25. The summed E-state index contributed by atoms with van der Waals surface area (Å²) in [4.78, 5) is 15.6. The summed E-state index contributed by atoms with van der Waals surface area (Å²) in [5, 5.41) is 4.19. The highest BCUT2D eigenvalue weighted by molar-refractivity contribution is 5.91. The Kier molecular flexibility index (Phi) is 5.12. The Labute approximate surface area is 153 Å². The number of rotatable bonds is 5. The van der Waals surface area contributed by atoms with Crippen LogP contribution >= 0.6 is 0 Å². The van der Waals surface area contributed by atoms with Crippen LogP contribution in [0, 0.1) is 0 Å². The van der Waals surface area contributed by atoms with Crippen molar-refractivity contribution in [1.29, 1.82) is 0 Å². The van der Waals surface area contributed by atoms with Gasteiger partial charge in [0.1, 0.15) is 5.75 Å². The van der Waals surface area contributed by atoms with Crippen LogP contribution in [0.25, 0.3) is 10.8 Å². The number of halogens is 3. The second-order valence-electron chi connectivity index (χ2n) is 5.68. The molecule has 0 atom stereocenters. The zero-order valence-electron chi connectivity index (χ0n) is 14.1. The maximum Gasteiger partial charge on any atom is 0.416 e. The lowest BCUT2D eigenvalue weighted by molar-refractivity contribution is -0.137. The van der Waals surface area contributed by atoms with Crippen molar-refractivity contribution < 1.29 is 22.7 Å². The van der Waals surface area contributed by atoms with Gasteiger partial charge in [-0.3, -0.25) is 4.79 Å². The fourth-order valence-corrected chi connectivity index (χ4v) is 2.53. The van der Waals surface area contributed by atoms with E-state index in [9.17, 15) is 18.0 Å². The van der Waals surface area contributed by atoms with Crippen LogP contribution in [0.3, 0.4) is 0 Å². The second-order valence-corrected chi connectivity index (χ2v) is 5.68. The summed E-state index contributed by atoms with van der Waals surface area (Å²) < 4.78 is 43.7. The highest BCUT2D eigenvalue weighted by Crippen LogP contribution is 2.33. The van der Waals surface area contributed by atoms with Gasteiger partial charge in [0.05, 0.1) is 5.56 Å². The first-order valence-electron chi connectivity index (χ1n) is 8.00. The number of carbonyl (C=O) groups is 1. The molecule has 1 amide bonds.